The van der Waals surface area contributed by atoms with Crippen molar-refractivity contribution in [2.24, 2.45) is 5.10 Å². The van der Waals surface area contributed by atoms with Crippen molar-refractivity contribution in [2.75, 3.05) is 39.6 Å². The number of halogens is 1. The molecule has 0 amide bonds. The van der Waals surface area contributed by atoms with Gasteiger partial charge in [0.25, 0.3) is 0 Å². The maximum absolute atomic E-state index is 4.70. The van der Waals surface area contributed by atoms with Crippen LogP contribution in [0.25, 0.3) is 5.57 Å². The minimum absolute atomic E-state index is 0.428. The van der Waals surface area contributed by atoms with Crippen LogP contribution in [0.4, 0.5) is 0 Å². The van der Waals surface area contributed by atoms with Gasteiger partial charge in [-0.15, -0.1) is 12.8 Å². The lowest BCUT2D eigenvalue weighted by Gasteiger charge is -2.16. The van der Waals surface area contributed by atoms with Crippen molar-refractivity contribution in [3.63, 3.8) is 0 Å². The molecule has 0 spiro atoms. The second-order valence-electron chi connectivity index (χ2n) is 7.45. The zero-order chi connectivity index (χ0) is 29.2. The molecule has 1 aromatic rings. The van der Waals surface area contributed by atoms with Crippen molar-refractivity contribution in [1.29, 1.82) is 0 Å². The van der Waals surface area contributed by atoms with Gasteiger partial charge in [-0.1, -0.05) is 112 Å². The molecular weight excluding hydrogens is 542 g/mol. The molecule has 210 valence electrons. The highest BCUT2D eigenvalue weighted by Gasteiger charge is 2.14. The molecule has 0 N–H and O–H groups in total. The molecule has 0 saturated carbocycles. The first-order chi connectivity index (χ1) is 17.8. The van der Waals surface area contributed by atoms with Crippen molar-refractivity contribution >= 4 is 40.0 Å². The fourth-order valence-electron chi connectivity index (χ4n) is 2.72. The lowest BCUT2D eigenvalue weighted by atomic mass is 10.1. The molecule has 0 aliphatic heterocycles. The normalized spacial score (nSPS) is 13.7. The molecule has 37 heavy (non-hydrogen) atoms. The van der Waals surface area contributed by atoms with E-state index in [1.165, 1.54) is 5.57 Å². The summed E-state index contributed by atoms with van der Waals surface area (Å²) in [6.07, 6.45) is 22.5. The SMILES string of the molecule is C#C.C=C(/C=C\C)CCN(C)C.C=Nn1cc(C2=CCC(Br)C=C2)nc1SCN(CC)CC.CC.CC. The molecule has 1 atom stereocenters. The fourth-order valence-corrected chi connectivity index (χ4v) is 4.13. The third kappa shape index (κ3) is 19.0. The molecule has 0 fully saturated rings. The van der Waals surface area contributed by atoms with E-state index in [2.05, 4.69) is 109 Å². The molecule has 0 saturated heterocycles. The third-order valence-corrected chi connectivity index (χ3v) is 6.42. The van der Waals surface area contributed by atoms with Crippen LogP contribution >= 0.6 is 27.7 Å². The average Bonchev–Trinajstić information content (AvgIpc) is 3.35. The Morgan fingerprint density at radius 3 is 2.27 bits per heavy atom. The summed E-state index contributed by atoms with van der Waals surface area (Å²) in [7, 11) is 4.14. The fraction of sp³-hybridized carbons (Fsp3) is 0.533. The standard InChI is InChI=1S/C15H21BrN4S.C9H17N.2C2H6.C2H2/c1-4-19(5-2)11-21-15-18-14(10-20(15)17-3)12-6-8-13(16)9-7-12;1-5-6-9(2)7-8-10(3)4;3*1-2/h6-8,10,13H,3-5,9,11H2,1-2H3;5-6H,2,7-8H2,1,3-4H3;2*1-2H3;1-2H/b;6-5-;;;. The van der Waals surface area contributed by atoms with Crippen molar-refractivity contribution in [1.82, 2.24) is 19.5 Å². The van der Waals surface area contributed by atoms with E-state index in [1.54, 1.807) is 16.4 Å². The molecule has 0 radical (unpaired) electrons. The van der Waals surface area contributed by atoms with Gasteiger partial charge in [-0.2, -0.15) is 5.10 Å². The number of rotatable bonds is 11. The first-order valence-corrected chi connectivity index (χ1v) is 15.0. The van der Waals surface area contributed by atoms with Gasteiger partial charge in [0.1, 0.15) is 0 Å². The number of terminal acetylenes is 1. The Bertz CT molecular complexity index is 817. The number of aromatic nitrogens is 2. The van der Waals surface area contributed by atoms with Gasteiger partial charge in [-0.05, 0) is 52.5 Å². The second kappa shape index (κ2) is 27.2. The molecule has 1 heterocycles. The largest absolute Gasteiger partial charge is 0.309 e. The molecule has 5 nitrogen and oxygen atoms in total. The van der Waals surface area contributed by atoms with E-state index in [4.69, 9.17) is 4.98 Å². The maximum atomic E-state index is 4.70. The predicted molar refractivity (Wildman–Crippen MR) is 175 cm³/mol. The van der Waals surface area contributed by atoms with Crippen molar-refractivity contribution in [2.45, 2.75) is 71.3 Å². The summed E-state index contributed by atoms with van der Waals surface area (Å²) in [6.45, 7) is 25.1. The predicted octanol–water partition coefficient (Wildman–Crippen LogP) is 8.22. The highest BCUT2D eigenvalue weighted by Crippen LogP contribution is 2.27. The van der Waals surface area contributed by atoms with Gasteiger partial charge < -0.3 is 4.90 Å². The molecule has 2 rings (SSSR count). The molecule has 1 aromatic heterocycles. The molecule has 1 aliphatic carbocycles. The molecule has 1 aliphatic rings. The molecule has 1 unspecified atom stereocenters. The third-order valence-electron chi connectivity index (χ3n) is 4.71. The van der Waals surface area contributed by atoms with E-state index in [1.807, 2.05) is 46.9 Å². The number of imidazole rings is 1. The van der Waals surface area contributed by atoms with E-state index in [0.29, 0.717) is 4.83 Å². The zero-order valence-electron chi connectivity index (χ0n) is 24.9. The maximum Gasteiger partial charge on any atom is 0.190 e. The van der Waals surface area contributed by atoms with Crippen molar-refractivity contribution in [3.05, 3.63) is 54.4 Å². The van der Waals surface area contributed by atoms with E-state index >= 15 is 0 Å². The average molecular weight is 595 g/mol. The Kier molecular flexibility index (Phi) is 29.1. The van der Waals surface area contributed by atoms with Crippen LogP contribution in [-0.2, 0) is 0 Å². The van der Waals surface area contributed by atoms with Crippen LogP contribution in [0.15, 0.2) is 59.0 Å². The van der Waals surface area contributed by atoms with Gasteiger partial charge in [-0.25, -0.2) is 9.66 Å². The topological polar surface area (TPSA) is 36.7 Å². The Morgan fingerprint density at radius 1 is 1.24 bits per heavy atom. The zero-order valence-corrected chi connectivity index (χ0v) is 27.3. The Labute approximate surface area is 242 Å². The molecule has 7 heteroatoms. The summed E-state index contributed by atoms with van der Waals surface area (Å²) >= 11 is 5.28. The summed E-state index contributed by atoms with van der Waals surface area (Å²) in [5.74, 6) is 0.914. The van der Waals surface area contributed by atoms with Crippen LogP contribution in [0.3, 0.4) is 0 Å². The number of hydrogen-bond donors (Lipinski definition) is 0. The minimum atomic E-state index is 0.428. The Balaban J connectivity index is -0.000000610. The first-order valence-electron chi connectivity index (χ1n) is 13.1. The number of thioether (sulfide) groups is 1. The molecule has 0 bridgehead atoms. The van der Waals surface area contributed by atoms with Crippen LogP contribution in [-0.4, -0.2) is 70.6 Å². The van der Waals surface area contributed by atoms with Gasteiger partial charge in [0, 0.05) is 18.1 Å². The van der Waals surface area contributed by atoms with Gasteiger partial charge in [0.05, 0.1) is 17.8 Å². The van der Waals surface area contributed by atoms with Gasteiger partial charge >= 0.3 is 0 Å². The quantitative estimate of drug-likeness (QED) is 0.0646. The summed E-state index contributed by atoms with van der Waals surface area (Å²) < 4.78 is 1.76. The number of hydrogen-bond acceptors (Lipinski definition) is 5. The van der Waals surface area contributed by atoms with Gasteiger partial charge in [0.15, 0.2) is 5.16 Å². The van der Waals surface area contributed by atoms with E-state index in [-0.39, 0.29) is 0 Å². The summed E-state index contributed by atoms with van der Waals surface area (Å²) in [5, 5.41) is 4.93. The molecule has 0 aromatic carbocycles. The van der Waals surface area contributed by atoms with Crippen LogP contribution in [0.1, 0.15) is 67.0 Å². The van der Waals surface area contributed by atoms with Crippen LogP contribution in [0.2, 0.25) is 0 Å². The number of nitrogens with zero attached hydrogens (tertiary/aromatic N) is 5. The van der Waals surface area contributed by atoms with Crippen molar-refractivity contribution in [3.8, 4) is 12.8 Å². The lowest BCUT2D eigenvalue weighted by Crippen LogP contribution is -2.22. The Hall–Kier alpha value is -1.85. The number of alkyl halides is 1. The monoisotopic (exact) mass is 593 g/mol. The summed E-state index contributed by atoms with van der Waals surface area (Å²) in [6, 6.07) is 0. The van der Waals surface area contributed by atoms with Gasteiger partial charge in [-0.3, -0.25) is 4.90 Å². The van der Waals surface area contributed by atoms with Crippen LogP contribution in [0, 0.1) is 12.8 Å². The lowest BCUT2D eigenvalue weighted by molar-refractivity contribution is 0.358. The van der Waals surface area contributed by atoms with Crippen LogP contribution < -0.4 is 0 Å². The van der Waals surface area contributed by atoms with E-state index in [0.717, 1.165) is 54.8 Å². The first kappa shape index (κ1) is 39.7. The molecular formula is C30H52BrN5S. The summed E-state index contributed by atoms with van der Waals surface area (Å²) in [4.78, 5) is 9.64. The highest BCUT2D eigenvalue weighted by atomic mass is 79.9. The van der Waals surface area contributed by atoms with Crippen LogP contribution in [0.5, 0.6) is 0 Å². The van der Waals surface area contributed by atoms with Gasteiger partial charge in [0.2, 0.25) is 0 Å². The highest BCUT2D eigenvalue weighted by molar-refractivity contribution is 9.09. The Morgan fingerprint density at radius 2 is 1.84 bits per heavy atom. The smallest absolute Gasteiger partial charge is 0.190 e. The van der Waals surface area contributed by atoms with E-state index < -0.39 is 0 Å². The van der Waals surface area contributed by atoms with E-state index in [9.17, 15) is 0 Å². The number of allylic oxidation sites excluding steroid dienone is 6. The summed E-state index contributed by atoms with van der Waals surface area (Å²) in [5.41, 5.74) is 3.31. The minimum Gasteiger partial charge on any atom is -0.309 e. The van der Waals surface area contributed by atoms with Crippen molar-refractivity contribution < 1.29 is 0 Å². The second-order valence-corrected chi connectivity index (χ2v) is 9.54.